The Morgan fingerprint density at radius 2 is 1.69 bits per heavy atom. The van der Waals surface area contributed by atoms with Crippen molar-refractivity contribution < 1.29 is 9.21 Å². The van der Waals surface area contributed by atoms with E-state index in [9.17, 15) is 4.79 Å². The number of nitrogens with one attached hydrogen (secondary N) is 1. The Morgan fingerprint density at radius 3 is 2.41 bits per heavy atom. The van der Waals surface area contributed by atoms with E-state index in [1.54, 1.807) is 12.1 Å². The number of imidazole rings is 1. The summed E-state index contributed by atoms with van der Waals surface area (Å²) in [4.78, 5) is 16.9. The first-order chi connectivity index (χ1) is 14.3. The van der Waals surface area contributed by atoms with Crippen LogP contribution in [0.1, 0.15) is 81.1 Å². The molecule has 2 heterocycles. The molecule has 0 atom stereocenters. The number of amides is 1. The fourth-order valence-corrected chi connectivity index (χ4v) is 3.74. The monoisotopic (exact) mass is 395 g/mol. The van der Waals surface area contributed by atoms with Gasteiger partial charge in [0, 0.05) is 6.54 Å². The third-order valence-corrected chi connectivity index (χ3v) is 5.37. The minimum atomic E-state index is -0.211. The van der Waals surface area contributed by atoms with Crippen molar-refractivity contribution >= 4 is 16.9 Å². The summed E-state index contributed by atoms with van der Waals surface area (Å²) in [5, 5.41) is 2.92. The van der Waals surface area contributed by atoms with Gasteiger partial charge in [-0.25, -0.2) is 4.98 Å². The van der Waals surface area contributed by atoms with Crippen LogP contribution >= 0.6 is 0 Å². The molecule has 156 valence electrons. The van der Waals surface area contributed by atoms with Crippen LogP contribution in [0.15, 0.2) is 47.1 Å². The number of carbonyl (C=O) groups excluding carboxylic acids is 1. The number of carbonyl (C=O) groups is 1. The molecule has 3 aromatic rings. The van der Waals surface area contributed by atoms with E-state index in [1.807, 2.05) is 18.2 Å². The molecule has 0 saturated heterocycles. The highest BCUT2D eigenvalue weighted by Crippen LogP contribution is 2.18. The molecule has 1 N–H and O–H groups in total. The summed E-state index contributed by atoms with van der Waals surface area (Å²) in [6.07, 6.45) is 13.3. The molecule has 5 heteroatoms. The summed E-state index contributed by atoms with van der Waals surface area (Å²) >= 11 is 0. The van der Waals surface area contributed by atoms with Crippen molar-refractivity contribution in [3.63, 3.8) is 0 Å². The number of rotatable bonds is 13. The lowest BCUT2D eigenvalue weighted by Gasteiger charge is -2.10. The lowest BCUT2D eigenvalue weighted by molar-refractivity contribution is 0.0921. The fraction of sp³-hybridized carbons (Fsp3) is 0.500. The molecule has 29 heavy (non-hydrogen) atoms. The quantitative estimate of drug-likeness (QED) is 0.356. The lowest BCUT2D eigenvalue weighted by atomic mass is 10.1. The molecule has 0 spiro atoms. The molecule has 0 aliphatic rings. The molecule has 2 aromatic heterocycles. The molecule has 1 aromatic carbocycles. The van der Waals surface area contributed by atoms with Crippen LogP contribution < -0.4 is 5.32 Å². The molecule has 0 unspecified atom stereocenters. The maximum atomic E-state index is 12.2. The molecule has 3 rings (SSSR count). The van der Waals surface area contributed by atoms with Gasteiger partial charge in [0.2, 0.25) is 0 Å². The van der Waals surface area contributed by atoms with Crippen molar-refractivity contribution in [3.8, 4) is 0 Å². The Balaban J connectivity index is 1.51. The van der Waals surface area contributed by atoms with Crippen LogP contribution in [0.5, 0.6) is 0 Å². The van der Waals surface area contributed by atoms with Gasteiger partial charge in [-0.1, -0.05) is 70.4 Å². The van der Waals surface area contributed by atoms with E-state index >= 15 is 0 Å². The zero-order valence-corrected chi connectivity index (χ0v) is 17.5. The van der Waals surface area contributed by atoms with E-state index < -0.39 is 0 Å². The molecule has 1 amide bonds. The minimum Gasteiger partial charge on any atom is -0.459 e. The molecular formula is C24H33N3O2. The highest BCUT2D eigenvalue weighted by atomic mass is 16.3. The average Bonchev–Trinajstić information content (AvgIpc) is 3.39. The summed E-state index contributed by atoms with van der Waals surface area (Å²) in [5.41, 5.74) is 2.11. The Kier molecular flexibility index (Phi) is 8.35. The second-order valence-electron chi connectivity index (χ2n) is 7.66. The Labute approximate surface area is 173 Å². The fourth-order valence-electron chi connectivity index (χ4n) is 3.74. The summed E-state index contributed by atoms with van der Waals surface area (Å²) in [5.74, 6) is 1.01. The van der Waals surface area contributed by atoms with E-state index in [1.165, 1.54) is 57.6 Å². The molecule has 0 saturated carbocycles. The number of hydrogen-bond donors (Lipinski definition) is 1. The maximum absolute atomic E-state index is 12.2. The van der Waals surface area contributed by atoms with Gasteiger partial charge < -0.3 is 14.3 Å². The number of furan rings is 1. The number of benzene rings is 1. The Hall–Kier alpha value is -2.56. The number of unbranched alkanes of at least 4 members (excludes halogenated alkanes) is 8. The predicted octanol–water partition coefficient (Wildman–Crippen LogP) is 6.09. The largest absolute Gasteiger partial charge is 0.459 e. The number of nitrogens with zero attached hydrogens (tertiary/aromatic N) is 2. The first kappa shape index (κ1) is 21.2. The zero-order chi connectivity index (χ0) is 20.3. The maximum Gasteiger partial charge on any atom is 0.287 e. The van der Waals surface area contributed by atoms with Crippen molar-refractivity contribution in [3.05, 3.63) is 54.2 Å². The van der Waals surface area contributed by atoms with Gasteiger partial charge in [0.05, 0.1) is 23.8 Å². The van der Waals surface area contributed by atoms with Gasteiger partial charge in [0.15, 0.2) is 5.76 Å². The third kappa shape index (κ3) is 6.21. The first-order valence-corrected chi connectivity index (χ1v) is 11.1. The standard InChI is InChI=1S/C24H33N3O2/c1-2-3-4-5-6-7-8-9-12-17-27-21-15-11-10-14-20(21)26-23(27)19-25-24(28)22-16-13-18-29-22/h10-11,13-16,18H,2-9,12,17,19H2,1H3,(H,25,28). The highest BCUT2D eigenvalue weighted by Gasteiger charge is 2.13. The molecule has 0 fully saturated rings. The van der Waals surface area contributed by atoms with Gasteiger partial charge >= 0.3 is 0 Å². The molecule has 5 nitrogen and oxygen atoms in total. The van der Waals surface area contributed by atoms with Crippen LogP contribution in [0.25, 0.3) is 11.0 Å². The topological polar surface area (TPSA) is 60.1 Å². The van der Waals surface area contributed by atoms with E-state index in [-0.39, 0.29) is 5.91 Å². The Morgan fingerprint density at radius 1 is 0.966 bits per heavy atom. The van der Waals surface area contributed by atoms with Gasteiger partial charge in [-0.3, -0.25) is 4.79 Å². The minimum absolute atomic E-state index is 0.211. The third-order valence-electron chi connectivity index (χ3n) is 5.37. The number of fused-ring (bicyclic) bond motifs is 1. The number of hydrogen-bond acceptors (Lipinski definition) is 3. The zero-order valence-electron chi connectivity index (χ0n) is 17.5. The molecular weight excluding hydrogens is 362 g/mol. The van der Waals surface area contributed by atoms with Gasteiger partial charge in [0.25, 0.3) is 5.91 Å². The lowest BCUT2D eigenvalue weighted by Crippen LogP contribution is -2.24. The first-order valence-electron chi connectivity index (χ1n) is 11.1. The Bertz CT molecular complexity index is 868. The van der Waals surface area contributed by atoms with E-state index in [2.05, 4.69) is 22.9 Å². The number of aromatic nitrogens is 2. The average molecular weight is 396 g/mol. The van der Waals surface area contributed by atoms with Crippen molar-refractivity contribution in [1.82, 2.24) is 14.9 Å². The molecule has 0 aliphatic heterocycles. The van der Waals surface area contributed by atoms with Crippen LogP contribution in [-0.2, 0) is 13.1 Å². The predicted molar refractivity (Wildman–Crippen MR) is 117 cm³/mol. The molecule has 0 bridgehead atoms. The second-order valence-corrected chi connectivity index (χ2v) is 7.66. The normalized spacial score (nSPS) is 11.2. The van der Waals surface area contributed by atoms with Gasteiger partial charge in [-0.05, 0) is 30.7 Å². The van der Waals surface area contributed by atoms with E-state index in [0.29, 0.717) is 12.3 Å². The van der Waals surface area contributed by atoms with Crippen LogP contribution in [0.2, 0.25) is 0 Å². The SMILES string of the molecule is CCCCCCCCCCCn1c(CNC(=O)c2ccco2)nc2ccccc21. The van der Waals surface area contributed by atoms with E-state index in [0.717, 1.165) is 29.8 Å². The van der Waals surface area contributed by atoms with Crippen LogP contribution in [0.3, 0.4) is 0 Å². The summed E-state index contributed by atoms with van der Waals surface area (Å²) in [6.45, 7) is 3.59. The van der Waals surface area contributed by atoms with Gasteiger partial charge in [-0.15, -0.1) is 0 Å². The van der Waals surface area contributed by atoms with Crippen LogP contribution in [0.4, 0.5) is 0 Å². The van der Waals surface area contributed by atoms with Crippen molar-refractivity contribution in [2.45, 2.75) is 77.8 Å². The van der Waals surface area contributed by atoms with Gasteiger partial charge in [0.1, 0.15) is 5.82 Å². The van der Waals surface area contributed by atoms with E-state index in [4.69, 9.17) is 9.40 Å². The van der Waals surface area contributed by atoms with Crippen molar-refractivity contribution in [2.24, 2.45) is 0 Å². The summed E-state index contributed by atoms with van der Waals surface area (Å²) < 4.78 is 7.42. The number of para-hydroxylation sites is 2. The molecule has 0 aliphatic carbocycles. The highest BCUT2D eigenvalue weighted by molar-refractivity contribution is 5.91. The second kappa shape index (κ2) is 11.4. The smallest absolute Gasteiger partial charge is 0.287 e. The molecule has 0 radical (unpaired) electrons. The van der Waals surface area contributed by atoms with Crippen LogP contribution in [-0.4, -0.2) is 15.5 Å². The summed E-state index contributed by atoms with van der Waals surface area (Å²) in [6, 6.07) is 11.6. The number of aryl methyl sites for hydroxylation is 1. The van der Waals surface area contributed by atoms with Crippen molar-refractivity contribution in [1.29, 1.82) is 0 Å². The van der Waals surface area contributed by atoms with Gasteiger partial charge in [-0.2, -0.15) is 0 Å². The summed E-state index contributed by atoms with van der Waals surface area (Å²) in [7, 11) is 0. The van der Waals surface area contributed by atoms with Crippen molar-refractivity contribution in [2.75, 3.05) is 0 Å². The van der Waals surface area contributed by atoms with Crippen LogP contribution in [0, 0.1) is 0 Å².